The Balaban J connectivity index is 1.82. The molecule has 1 aromatic heterocycles. The Morgan fingerprint density at radius 3 is 2.79 bits per heavy atom. The average Bonchev–Trinajstić information content (AvgIpc) is 2.77. The molecular weight excluding hydrogens is 314 g/mol. The molecule has 1 N–H and O–H groups in total. The summed E-state index contributed by atoms with van der Waals surface area (Å²) in [4.78, 5) is 14.2. The van der Waals surface area contributed by atoms with Crippen LogP contribution in [0.2, 0.25) is 0 Å². The van der Waals surface area contributed by atoms with Gasteiger partial charge in [-0.3, -0.25) is 4.79 Å². The van der Waals surface area contributed by atoms with Gasteiger partial charge in [0.05, 0.1) is 12.7 Å². The molecule has 6 nitrogen and oxygen atoms in total. The first-order valence-electron chi connectivity index (χ1n) is 6.53. The first-order valence-corrected chi connectivity index (χ1v) is 7.32. The Labute approximate surface area is 119 Å². The first-order chi connectivity index (χ1) is 9.16. The maximum atomic E-state index is 12.4. The van der Waals surface area contributed by atoms with Crippen LogP contribution in [0.1, 0.15) is 29.8 Å². The van der Waals surface area contributed by atoms with Crippen LogP contribution in [0.25, 0.3) is 0 Å². The van der Waals surface area contributed by atoms with Crippen LogP contribution in [0.15, 0.2) is 4.47 Å². The maximum Gasteiger partial charge on any atom is 0.275 e. The number of likely N-dealkylation sites (tertiary alicyclic amines) is 1. The summed E-state index contributed by atoms with van der Waals surface area (Å²) in [7, 11) is 0. The Morgan fingerprint density at radius 1 is 1.37 bits per heavy atom. The zero-order valence-electron chi connectivity index (χ0n) is 10.5. The molecule has 0 radical (unpaired) electrons. The van der Waals surface area contributed by atoms with Crippen LogP contribution >= 0.6 is 15.9 Å². The number of aliphatic hydroxyl groups is 1. The summed E-state index contributed by atoms with van der Waals surface area (Å²) in [6.07, 6.45) is 1.89. The molecule has 0 spiro atoms. The number of halogens is 1. The number of aromatic nitrogens is 2. The Kier molecular flexibility index (Phi) is 3.49. The van der Waals surface area contributed by atoms with E-state index in [0.29, 0.717) is 48.6 Å². The van der Waals surface area contributed by atoms with Crippen LogP contribution in [0.5, 0.6) is 5.88 Å². The fraction of sp³-hybridized carbons (Fsp3) is 0.667. The van der Waals surface area contributed by atoms with Crippen molar-refractivity contribution in [3.8, 4) is 5.88 Å². The number of carbonyl (C=O) groups excluding carboxylic acids is 1. The highest BCUT2D eigenvalue weighted by Crippen LogP contribution is 2.32. The van der Waals surface area contributed by atoms with E-state index in [9.17, 15) is 9.90 Å². The SMILES string of the molecule is O=C(c1nn2c(c1Br)OCCC2)N1CCC(O)CC1. The second-order valence-corrected chi connectivity index (χ2v) is 5.71. The first kappa shape index (κ1) is 12.9. The van der Waals surface area contributed by atoms with Crippen molar-refractivity contribution in [3.05, 3.63) is 10.2 Å². The van der Waals surface area contributed by atoms with E-state index in [0.717, 1.165) is 13.0 Å². The predicted octanol–water partition coefficient (Wildman–Crippen LogP) is 1.02. The Morgan fingerprint density at radius 2 is 2.11 bits per heavy atom. The van der Waals surface area contributed by atoms with Crippen molar-refractivity contribution < 1.29 is 14.6 Å². The molecule has 7 heteroatoms. The van der Waals surface area contributed by atoms with E-state index >= 15 is 0 Å². The van der Waals surface area contributed by atoms with Crippen LogP contribution in [0.3, 0.4) is 0 Å². The Hall–Kier alpha value is -1.08. The lowest BCUT2D eigenvalue weighted by Crippen LogP contribution is -2.40. The summed E-state index contributed by atoms with van der Waals surface area (Å²) in [6, 6.07) is 0. The van der Waals surface area contributed by atoms with E-state index < -0.39 is 0 Å². The van der Waals surface area contributed by atoms with Gasteiger partial charge in [0.15, 0.2) is 5.69 Å². The molecule has 3 rings (SSSR count). The highest BCUT2D eigenvalue weighted by molar-refractivity contribution is 9.10. The molecular formula is C12H16BrN3O3. The summed E-state index contributed by atoms with van der Waals surface area (Å²) < 4.78 is 7.91. The normalized spacial score (nSPS) is 20.0. The fourth-order valence-corrected chi connectivity index (χ4v) is 3.02. The monoisotopic (exact) mass is 329 g/mol. The van der Waals surface area contributed by atoms with Crippen molar-refractivity contribution >= 4 is 21.8 Å². The zero-order chi connectivity index (χ0) is 13.4. The maximum absolute atomic E-state index is 12.4. The van der Waals surface area contributed by atoms with Gasteiger partial charge in [0.1, 0.15) is 4.47 Å². The lowest BCUT2D eigenvalue weighted by molar-refractivity contribution is 0.0540. The molecule has 2 aliphatic rings. The topological polar surface area (TPSA) is 67.6 Å². The van der Waals surface area contributed by atoms with Gasteiger partial charge in [-0.05, 0) is 28.8 Å². The van der Waals surface area contributed by atoms with E-state index in [-0.39, 0.29) is 12.0 Å². The average molecular weight is 330 g/mol. The lowest BCUT2D eigenvalue weighted by Gasteiger charge is -2.29. The van der Waals surface area contributed by atoms with E-state index in [1.54, 1.807) is 9.58 Å². The number of rotatable bonds is 1. The van der Waals surface area contributed by atoms with Gasteiger partial charge in [-0.1, -0.05) is 0 Å². The molecule has 2 aliphatic heterocycles. The van der Waals surface area contributed by atoms with E-state index in [1.807, 2.05) is 0 Å². The van der Waals surface area contributed by atoms with Crippen LogP contribution in [-0.4, -0.2) is 51.5 Å². The molecule has 0 aliphatic carbocycles. The summed E-state index contributed by atoms with van der Waals surface area (Å²) in [5.41, 5.74) is 0.410. The second-order valence-electron chi connectivity index (χ2n) is 4.92. The molecule has 1 fully saturated rings. The molecule has 19 heavy (non-hydrogen) atoms. The van der Waals surface area contributed by atoms with Gasteiger partial charge in [-0.15, -0.1) is 0 Å². The van der Waals surface area contributed by atoms with Crippen molar-refractivity contribution in [2.45, 2.75) is 31.9 Å². The van der Waals surface area contributed by atoms with Gasteiger partial charge in [-0.25, -0.2) is 4.68 Å². The summed E-state index contributed by atoms with van der Waals surface area (Å²) in [5.74, 6) is 0.552. The molecule has 3 heterocycles. The van der Waals surface area contributed by atoms with Crippen molar-refractivity contribution in [2.24, 2.45) is 0 Å². The quantitative estimate of drug-likeness (QED) is 0.835. The minimum absolute atomic E-state index is 0.0933. The van der Waals surface area contributed by atoms with Crippen LogP contribution in [0.4, 0.5) is 0 Å². The summed E-state index contributed by atoms with van der Waals surface area (Å²) in [6.45, 7) is 2.60. The molecule has 1 aromatic rings. The predicted molar refractivity (Wildman–Crippen MR) is 71.2 cm³/mol. The smallest absolute Gasteiger partial charge is 0.275 e. The number of aryl methyl sites for hydroxylation is 1. The Bertz CT molecular complexity index is 495. The summed E-state index contributed by atoms with van der Waals surface area (Å²) >= 11 is 3.41. The molecule has 0 atom stereocenters. The number of nitrogens with zero attached hydrogens (tertiary/aromatic N) is 3. The lowest BCUT2D eigenvalue weighted by atomic mass is 10.1. The molecule has 0 saturated carbocycles. The number of ether oxygens (including phenoxy) is 1. The fourth-order valence-electron chi connectivity index (χ4n) is 2.45. The van der Waals surface area contributed by atoms with Gasteiger partial charge in [-0.2, -0.15) is 5.10 Å². The number of carbonyl (C=O) groups is 1. The van der Waals surface area contributed by atoms with Gasteiger partial charge >= 0.3 is 0 Å². The van der Waals surface area contributed by atoms with Crippen molar-refractivity contribution in [3.63, 3.8) is 0 Å². The molecule has 0 bridgehead atoms. The van der Waals surface area contributed by atoms with E-state index in [2.05, 4.69) is 21.0 Å². The van der Waals surface area contributed by atoms with Crippen LogP contribution in [0, 0.1) is 0 Å². The van der Waals surface area contributed by atoms with E-state index in [1.165, 1.54) is 0 Å². The number of hydrogen-bond donors (Lipinski definition) is 1. The number of hydrogen-bond acceptors (Lipinski definition) is 4. The third-order valence-electron chi connectivity index (χ3n) is 3.56. The molecule has 0 unspecified atom stereocenters. The van der Waals surface area contributed by atoms with Gasteiger partial charge < -0.3 is 14.7 Å². The number of aliphatic hydroxyl groups excluding tert-OH is 1. The number of fused-ring (bicyclic) bond motifs is 1. The molecule has 1 amide bonds. The second kappa shape index (κ2) is 5.13. The molecule has 1 saturated heterocycles. The van der Waals surface area contributed by atoms with Gasteiger partial charge in [0.2, 0.25) is 5.88 Å². The third-order valence-corrected chi connectivity index (χ3v) is 4.27. The highest BCUT2D eigenvalue weighted by atomic mass is 79.9. The van der Waals surface area contributed by atoms with Crippen molar-refractivity contribution in [2.75, 3.05) is 19.7 Å². The molecule has 104 valence electrons. The van der Waals surface area contributed by atoms with Crippen molar-refractivity contribution in [1.82, 2.24) is 14.7 Å². The summed E-state index contributed by atoms with van der Waals surface area (Å²) in [5, 5.41) is 13.8. The minimum atomic E-state index is -0.286. The van der Waals surface area contributed by atoms with Gasteiger partial charge in [0.25, 0.3) is 5.91 Å². The van der Waals surface area contributed by atoms with E-state index in [4.69, 9.17) is 4.74 Å². The largest absolute Gasteiger partial charge is 0.477 e. The highest BCUT2D eigenvalue weighted by Gasteiger charge is 2.29. The number of piperidine rings is 1. The van der Waals surface area contributed by atoms with Crippen LogP contribution < -0.4 is 4.74 Å². The van der Waals surface area contributed by atoms with Crippen LogP contribution in [-0.2, 0) is 6.54 Å². The minimum Gasteiger partial charge on any atom is -0.477 e. The number of amides is 1. The van der Waals surface area contributed by atoms with Gasteiger partial charge in [0, 0.05) is 26.1 Å². The van der Waals surface area contributed by atoms with Crippen molar-refractivity contribution in [1.29, 1.82) is 0 Å². The third kappa shape index (κ3) is 2.36. The zero-order valence-corrected chi connectivity index (χ0v) is 12.1. The standard InChI is InChI=1S/C12H16BrN3O3/c13-9-10(14-16-4-1-7-19-12(9)16)11(18)15-5-2-8(17)3-6-15/h8,17H,1-7H2. The molecule has 0 aromatic carbocycles.